The fourth-order valence-electron chi connectivity index (χ4n) is 0.805. The van der Waals surface area contributed by atoms with Crippen LogP contribution in [0, 0.1) is 24.1 Å². The van der Waals surface area contributed by atoms with Gasteiger partial charge in [0.15, 0.2) is 0 Å². The van der Waals surface area contributed by atoms with Gasteiger partial charge in [-0.1, -0.05) is 6.07 Å². The Labute approximate surface area is 65.1 Å². The fourth-order valence-corrected chi connectivity index (χ4v) is 0.805. The molecule has 0 saturated heterocycles. The summed E-state index contributed by atoms with van der Waals surface area (Å²) in [5.74, 6) is -0.464. The Morgan fingerprint density at radius 2 is 2.27 bits per heavy atom. The predicted octanol–water partition coefficient (Wildman–Crippen LogP) is 2.07. The Kier molecular flexibility index (Phi) is 2.22. The van der Waals surface area contributed by atoms with Gasteiger partial charge >= 0.3 is 0 Å². The van der Waals surface area contributed by atoms with Crippen LogP contribution in [0.25, 0.3) is 0 Å². The minimum Gasteiger partial charge on any atom is -0.206 e. The largest absolute Gasteiger partial charge is 0.206 e. The number of hydrogen-bond donors (Lipinski definition) is 0. The molecule has 11 heavy (non-hydrogen) atoms. The van der Waals surface area contributed by atoms with E-state index in [1.54, 1.807) is 12.1 Å². The second-order valence-electron chi connectivity index (χ2n) is 2.18. The van der Waals surface area contributed by atoms with Crippen LogP contribution in [0.3, 0.4) is 0 Å². The molecule has 0 bridgehead atoms. The maximum atomic E-state index is 12.8. The van der Waals surface area contributed by atoms with Crippen LogP contribution in [0.4, 0.5) is 4.39 Å². The normalized spacial score (nSPS) is 9.18. The molecule has 0 unspecified atom stereocenters. The van der Waals surface area contributed by atoms with Gasteiger partial charge in [-0.25, -0.2) is 4.39 Å². The first-order valence-electron chi connectivity index (χ1n) is 3.25. The Morgan fingerprint density at radius 3 is 2.73 bits per heavy atom. The number of benzene rings is 1. The minimum absolute atomic E-state index is 0.0854. The van der Waals surface area contributed by atoms with Gasteiger partial charge in [0.1, 0.15) is 11.9 Å². The summed E-state index contributed by atoms with van der Waals surface area (Å²) in [7, 11) is 0. The molecule has 1 aromatic rings. The van der Waals surface area contributed by atoms with Crippen molar-refractivity contribution < 1.29 is 4.39 Å². The lowest BCUT2D eigenvalue weighted by Crippen LogP contribution is -1.86. The van der Waals surface area contributed by atoms with Crippen molar-refractivity contribution in [2.24, 2.45) is 0 Å². The third-order valence-corrected chi connectivity index (χ3v) is 1.44. The fraction of sp³-hybridized carbons (Fsp3) is 0.111. The monoisotopic (exact) mass is 148 g/mol. The Bertz CT molecular complexity index is 299. The van der Waals surface area contributed by atoms with Crippen LogP contribution in [-0.4, -0.2) is 0 Å². The zero-order valence-corrected chi connectivity index (χ0v) is 5.97. The SMILES string of the molecule is [CH2]Cc1ccc(C#N)c(F)c1. The van der Waals surface area contributed by atoms with Gasteiger partial charge in [-0.2, -0.15) is 5.26 Å². The smallest absolute Gasteiger partial charge is 0.141 e. The van der Waals surface area contributed by atoms with Gasteiger partial charge in [0.05, 0.1) is 5.56 Å². The van der Waals surface area contributed by atoms with Gasteiger partial charge in [-0.05, 0) is 31.0 Å². The molecule has 1 aromatic carbocycles. The first-order chi connectivity index (χ1) is 5.27. The second kappa shape index (κ2) is 3.16. The molecule has 1 radical (unpaired) electrons. The van der Waals surface area contributed by atoms with Crippen molar-refractivity contribution in [1.82, 2.24) is 0 Å². The first kappa shape index (κ1) is 7.74. The molecule has 2 heteroatoms. The molecule has 0 amide bonds. The van der Waals surface area contributed by atoms with Gasteiger partial charge in [-0.3, -0.25) is 0 Å². The van der Waals surface area contributed by atoms with Gasteiger partial charge in [0.2, 0.25) is 0 Å². The van der Waals surface area contributed by atoms with Gasteiger partial charge in [0, 0.05) is 0 Å². The lowest BCUT2D eigenvalue weighted by atomic mass is 10.1. The molecule has 0 aliphatic heterocycles. The van der Waals surface area contributed by atoms with Crippen molar-refractivity contribution in [3.63, 3.8) is 0 Å². The summed E-state index contributed by atoms with van der Waals surface area (Å²) >= 11 is 0. The summed E-state index contributed by atoms with van der Waals surface area (Å²) in [5.41, 5.74) is 0.892. The van der Waals surface area contributed by atoms with Crippen LogP contribution in [0.2, 0.25) is 0 Å². The summed E-state index contributed by atoms with van der Waals surface area (Å²) in [6, 6.07) is 6.26. The number of halogens is 1. The van der Waals surface area contributed by atoms with Crippen LogP contribution in [0.15, 0.2) is 18.2 Å². The minimum atomic E-state index is -0.464. The molecule has 0 aliphatic rings. The average molecular weight is 148 g/mol. The lowest BCUT2D eigenvalue weighted by molar-refractivity contribution is 0.622. The molecule has 0 spiro atoms. The van der Waals surface area contributed by atoms with Crippen molar-refractivity contribution >= 4 is 0 Å². The first-order valence-corrected chi connectivity index (χ1v) is 3.25. The summed E-state index contributed by atoms with van der Waals surface area (Å²) < 4.78 is 12.8. The van der Waals surface area contributed by atoms with E-state index in [9.17, 15) is 4.39 Å². The van der Waals surface area contributed by atoms with E-state index in [0.717, 1.165) is 5.56 Å². The van der Waals surface area contributed by atoms with Crippen molar-refractivity contribution in [2.45, 2.75) is 6.42 Å². The molecule has 0 N–H and O–H groups in total. The number of nitriles is 1. The molecule has 0 aromatic heterocycles. The number of rotatable bonds is 1. The van der Waals surface area contributed by atoms with Crippen molar-refractivity contribution in [3.8, 4) is 6.07 Å². The van der Waals surface area contributed by atoms with E-state index >= 15 is 0 Å². The van der Waals surface area contributed by atoms with Crippen molar-refractivity contribution in [1.29, 1.82) is 5.26 Å². The molecule has 0 saturated carbocycles. The van der Waals surface area contributed by atoms with Gasteiger partial charge < -0.3 is 0 Å². The Balaban J connectivity index is 3.12. The molecule has 55 valence electrons. The third kappa shape index (κ3) is 1.56. The van der Waals surface area contributed by atoms with E-state index in [-0.39, 0.29) is 5.56 Å². The highest BCUT2D eigenvalue weighted by Gasteiger charge is 1.99. The highest BCUT2D eigenvalue weighted by atomic mass is 19.1. The number of nitrogens with zero attached hydrogens (tertiary/aromatic N) is 1. The maximum absolute atomic E-state index is 12.8. The second-order valence-corrected chi connectivity index (χ2v) is 2.18. The van der Waals surface area contributed by atoms with Crippen LogP contribution in [0.5, 0.6) is 0 Å². The topological polar surface area (TPSA) is 23.8 Å². The predicted molar refractivity (Wildman–Crippen MR) is 40.2 cm³/mol. The van der Waals surface area contributed by atoms with E-state index in [0.29, 0.717) is 6.42 Å². The molecule has 1 nitrogen and oxygen atoms in total. The van der Waals surface area contributed by atoms with Crippen molar-refractivity contribution in [3.05, 3.63) is 42.1 Å². The maximum Gasteiger partial charge on any atom is 0.141 e. The van der Waals surface area contributed by atoms with E-state index in [2.05, 4.69) is 6.92 Å². The van der Waals surface area contributed by atoms with Crippen LogP contribution >= 0.6 is 0 Å². The number of hydrogen-bond acceptors (Lipinski definition) is 1. The van der Waals surface area contributed by atoms with Crippen LogP contribution in [0.1, 0.15) is 11.1 Å². The average Bonchev–Trinajstić information content (AvgIpc) is 2.04. The van der Waals surface area contributed by atoms with Crippen molar-refractivity contribution in [2.75, 3.05) is 0 Å². The van der Waals surface area contributed by atoms with E-state index in [1.165, 1.54) is 12.1 Å². The molecule has 0 aliphatic carbocycles. The summed E-state index contributed by atoms with van der Waals surface area (Å²) in [6.07, 6.45) is 0.544. The summed E-state index contributed by atoms with van der Waals surface area (Å²) in [4.78, 5) is 0. The summed E-state index contributed by atoms with van der Waals surface area (Å²) in [6.45, 7) is 3.60. The van der Waals surface area contributed by atoms with Gasteiger partial charge in [0.25, 0.3) is 0 Å². The van der Waals surface area contributed by atoms with Crippen LogP contribution in [-0.2, 0) is 6.42 Å². The van der Waals surface area contributed by atoms with E-state index < -0.39 is 5.82 Å². The molecule has 1 rings (SSSR count). The Morgan fingerprint density at radius 1 is 1.55 bits per heavy atom. The molecule has 0 heterocycles. The van der Waals surface area contributed by atoms with Crippen LogP contribution < -0.4 is 0 Å². The van der Waals surface area contributed by atoms with Gasteiger partial charge in [-0.15, -0.1) is 0 Å². The third-order valence-electron chi connectivity index (χ3n) is 1.44. The quantitative estimate of drug-likeness (QED) is 0.598. The molecule has 0 fully saturated rings. The molecular weight excluding hydrogens is 141 g/mol. The standard InChI is InChI=1S/C9H7FN/c1-2-7-3-4-8(6-11)9(10)5-7/h3-5H,1-2H2. The summed E-state index contributed by atoms with van der Waals surface area (Å²) in [5, 5.41) is 8.38. The Hall–Kier alpha value is -1.36. The molecular formula is C9H7FN. The van der Waals surface area contributed by atoms with E-state index in [1.807, 2.05) is 0 Å². The zero-order chi connectivity index (χ0) is 8.27. The zero-order valence-electron chi connectivity index (χ0n) is 5.97. The lowest BCUT2D eigenvalue weighted by Gasteiger charge is -1.96. The highest BCUT2D eigenvalue weighted by Crippen LogP contribution is 2.09. The highest BCUT2D eigenvalue weighted by molar-refractivity contribution is 5.33. The molecule has 0 atom stereocenters. The van der Waals surface area contributed by atoms with E-state index in [4.69, 9.17) is 5.26 Å².